The minimum Gasteiger partial charge on any atom is -0.508 e. The van der Waals surface area contributed by atoms with E-state index in [1.165, 1.54) is 42.1 Å². The second-order valence-corrected chi connectivity index (χ2v) is 11.1. The number of phenolic OH excluding ortho intramolecular Hbond substituents is 1. The van der Waals surface area contributed by atoms with Gasteiger partial charge in [0.1, 0.15) is 22.8 Å². The van der Waals surface area contributed by atoms with E-state index in [2.05, 4.69) is 0 Å². The van der Waals surface area contributed by atoms with Crippen LogP contribution in [0, 0.1) is 11.8 Å². The van der Waals surface area contributed by atoms with Crippen molar-refractivity contribution in [3.8, 4) is 5.75 Å². The van der Waals surface area contributed by atoms with Crippen LogP contribution in [-0.2, 0) is 20.0 Å². The van der Waals surface area contributed by atoms with Gasteiger partial charge >= 0.3 is 0 Å². The predicted molar refractivity (Wildman–Crippen MR) is 134 cm³/mol. The quantitative estimate of drug-likeness (QED) is 0.352. The van der Waals surface area contributed by atoms with Gasteiger partial charge in [0.05, 0.1) is 17.2 Å². The number of phenols is 1. The number of benzene rings is 1. The summed E-state index contributed by atoms with van der Waals surface area (Å²) in [5.41, 5.74) is -5.51. The van der Waals surface area contributed by atoms with E-state index in [-0.39, 0.29) is 28.9 Å². The van der Waals surface area contributed by atoms with Gasteiger partial charge in [0, 0.05) is 37.5 Å². The van der Waals surface area contributed by atoms with Crippen molar-refractivity contribution in [1.82, 2.24) is 14.9 Å². The summed E-state index contributed by atoms with van der Waals surface area (Å²) >= 11 is 0. The molecule has 1 saturated carbocycles. The van der Waals surface area contributed by atoms with Gasteiger partial charge in [-0.15, -0.1) is 0 Å². The Bertz CT molecular complexity index is 1310. The van der Waals surface area contributed by atoms with Crippen molar-refractivity contribution in [3.63, 3.8) is 0 Å². The van der Waals surface area contributed by atoms with Gasteiger partial charge in [0.2, 0.25) is 5.78 Å². The molecule has 1 aromatic carbocycles. The number of hydrogen-bond donors (Lipinski definition) is 5. The molecule has 0 spiro atoms. The van der Waals surface area contributed by atoms with Crippen molar-refractivity contribution in [1.29, 1.82) is 0 Å². The summed E-state index contributed by atoms with van der Waals surface area (Å²) in [6.07, 6.45) is 1.53. The first-order valence-electron chi connectivity index (χ1n) is 12.7. The number of hydrazine groups is 1. The second-order valence-electron chi connectivity index (χ2n) is 11.1. The molecular formula is C27H33N3O8. The summed E-state index contributed by atoms with van der Waals surface area (Å²) in [4.78, 5) is 42.9. The molecule has 2 fully saturated rings. The fourth-order valence-electron chi connectivity index (χ4n) is 6.76. The lowest BCUT2D eigenvalue weighted by molar-refractivity contribution is -0.160. The third kappa shape index (κ3) is 3.32. The molecule has 5 N–H and O–H groups in total. The topological polar surface area (TPSA) is 162 Å². The van der Waals surface area contributed by atoms with Gasteiger partial charge in [0.25, 0.3) is 5.91 Å². The average molecular weight is 528 g/mol. The van der Waals surface area contributed by atoms with Crippen molar-refractivity contribution >= 4 is 23.2 Å². The van der Waals surface area contributed by atoms with E-state index in [0.717, 1.165) is 12.8 Å². The number of ketones is 2. The minimum absolute atomic E-state index is 0.149. The van der Waals surface area contributed by atoms with E-state index in [1.807, 2.05) is 0 Å². The fraction of sp³-hybridized carbons (Fsp3) is 0.519. The van der Waals surface area contributed by atoms with Gasteiger partial charge in [-0.05, 0) is 51.9 Å². The van der Waals surface area contributed by atoms with E-state index in [1.54, 1.807) is 19.1 Å². The third-order valence-corrected chi connectivity index (χ3v) is 8.79. The molecule has 0 radical (unpaired) electrons. The number of Topliss-reactive ketones (excluding diaryl/α,β-unsaturated/α-hetero) is 2. The van der Waals surface area contributed by atoms with Crippen molar-refractivity contribution in [2.45, 2.75) is 43.4 Å². The number of fused-ring (bicyclic) bond motifs is 3. The van der Waals surface area contributed by atoms with Gasteiger partial charge in [0.15, 0.2) is 11.4 Å². The van der Waals surface area contributed by atoms with E-state index >= 15 is 0 Å². The van der Waals surface area contributed by atoms with Gasteiger partial charge in [-0.3, -0.25) is 24.3 Å². The molecule has 1 heterocycles. The number of hydrogen-bond acceptors (Lipinski definition) is 10. The largest absolute Gasteiger partial charge is 0.508 e. The van der Waals surface area contributed by atoms with Gasteiger partial charge in [-0.2, -0.15) is 0 Å². The smallest absolute Gasteiger partial charge is 0.275 e. The average Bonchev–Trinajstić information content (AvgIpc) is 3.39. The molecule has 5 rings (SSSR count). The summed E-state index contributed by atoms with van der Waals surface area (Å²) in [6, 6.07) is 3.12. The van der Waals surface area contributed by atoms with E-state index in [4.69, 9.17) is 0 Å². The Labute approximate surface area is 219 Å². The van der Waals surface area contributed by atoms with Gasteiger partial charge in [-0.1, -0.05) is 12.1 Å². The molecule has 11 heteroatoms. The fourth-order valence-corrected chi connectivity index (χ4v) is 6.76. The molecule has 1 aromatic rings. The Hall–Kier alpha value is -3.25. The van der Waals surface area contributed by atoms with E-state index in [0.29, 0.717) is 13.1 Å². The molecule has 1 aliphatic heterocycles. The maximum Gasteiger partial charge on any atom is 0.275 e. The molecule has 38 heavy (non-hydrogen) atoms. The molecule has 11 nitrogen and oxygen atoms in total. The number of likely N-dealkylation sites (N-methyl/N-ethyl adjacent to an activating group) is 2. The lowest BCUT2D eigenvalue weighted by atomic mass is 9.54. The second kappa shape index (κ2) is 8.63. The maximum absolute atomic E-state index is 14.1. The summed E-state index contributed by atoms with van der Waals surface area (Å²) in [7, 11) is 4.60. The van der Waals surface area contributed by atoms with Crippen molar-refractivity contribution in [2.75, 3.05) is 34.2 Å². The van der Waals surface area contributed by atoms with Crippen LogP contribution in [0.1, 0.15) is 37.3 Å². The lowest BCUT2D eigenvalue weighted by Gasteiger charge is -2.53. The van der Waals surface area contributed by atoms with Crippen LogP contribution in [0.3, 0.4) is 0 Å². The summed E-state index contributed by atoms with van der Waals surface area (Å²) in [5.74, 6) is -7.08. The molecule has 0 bridgehead atoms. The Balaban J connectivity index is 1.72. The zero-order chi connectivity index (χ0) is 27.9. The number of amides is 1. The van der Waals surface area contributed by atoms with Gasteiger partial charge in [-0.25, -0.2) is 5.01 Å². The highest BCUT2D eigenvalue weighted by Crippen LogP contribution is 2.57. The van der Waals surface area contributed by atoms with E-state index < -0.39 is 63.6 Å². The monoisotopic (exact) mass is 527 g/mol. The van der Waals surface area contributed by atoms with Crippen LogP contribution in [0.4, 0.5) is 0 Å². The molecule has 0 aromatic heterocycles. The number of carbonyl (C=O) groups is 3. The Kier molecular flexibility index (Phi) is 5.99. The number of rotatable bonds is 3. The predicted octanol–water partition coefficient (Wildman–Crippen LogP) is 0.613. The van der Waals surface area contributed by atoms with Crippen LogP contribution < -0.4 is 0 Å². The Morgan fingerprint density at radius 3 is 2.29 bits per heavy atom. The molecule has 5 unspecified atom stereocenters. The highest BCUT2D eigenvalue weighted by atomic mass is 16.3. The molecule has 5 atom stereocenters. The molecule has 3 aliphatic carbocycles. The molecule has 1 saturated heterocycles. The number of carbonyl (C=O) groups excluding carboxylic acids is 3. The Morgan fingerprint density at radius 1 is 1.05 bits per heavy atom. The SMILES string of the molecule is CN(C)C1C(=O)C(C(=O)N(C)N2CCCC2)=C(O)C2(O)C(=O)C3=C(O)c4c(O)cccc4C(C)(O)C3CC12. The first-order valence-corrected chi connectivity index (χ1v) is 12.7. The van der Waals surface area contributed by atoms with Crippen LogP contribution in [0.5, 0.6) is 5.75 Å². The van der Waals surface area contributed by atoms with Crippen LogP contribution in [0.2, 0.25) is 0 Å². The number of aliphatic hydroxyl groups is 4. The number of aliphatic hydroxyl groups excluding tert-OH is 2. The van der Waals surface area contributed by atoms with E-state index in [9.17, 15) is 39.9 Å². The van der Waals surface area contributed by atoms with Crippen molar-refractivity contribution in [2.24, 2.45) is 11.8 Å². The van der Waals surface area contributed by atoms with Crippen LogP contribution in [0.25, 0.3) is 5.76 Å². The number of nitrogens with zero attached hydrogens (tertiary/aromatic N) is 3. The summed E-state index contributed by atoms with van der Waals surface area (Å²) < 4.78 is 0. The summed E-state index contributed by atoms with van der Waals surface area (Å²) in [6.45, 7) is 2.59. The van der Waals surface area contributed by atoms with Crippen LogP contribution in [-0.4, -0.2) is 104 Å². The number of aromatic hydroxyl groups is 1. The van der Waals surface area contributed by atoms with Crippen molar-refractivity contribution in [3.05, 3.63) is 46.2 Å². The first kappa shape index (κ1) is 26.4. The Morgan fingerprint density at radius 2 is 1.68 bits per heavy atom. The molecule has 1 amide bonds. The van der Waals surface area contributed by atoms with Crippen LogP contribution >= 0.6 is 0 Å². The normalized spacial score (nSPS) is 33.4. The van der Waals surface area contributed by atoms with Crippen LogP contribution in [0.15, 0.2) is 35.1 Å². The highest BCUT2D eigenvalue weighted by molar-refractivity contribution is 6.24. The first-order chi connectivity index (χ1) is 17.8. The minimum atomic E-state index is -2.72. The summed E-state index contributed by atoms with van der Waals surface area (Å²) in [5, 5.41) is 59.6. The molecule has 204 valence electrons. The zero-order valence-electron chi connectivity index (χ0n) is 21.8. The van der Waals surface area contributed by atoms with Crippen molar-refractivity contribution < 1.29 is 39.9 Å². The maximum atomic E-state index is 14.1. The lowest BCUT2D eigenvalue weighted by Crippen LogP contribution is -2.67. The zero-order valence-corrected chi connectivity index (χ0v) is 21.8. The third-order valence-electron chi connectivity index (χ3n) is 8.79. The standard InChI is InChI=1S/C27H33N3O8/c1-26(37)13-8-7-9-16(31)17(13)21(32)18-14(26)12-15-20(28(2)3)22(33)19(24(35)27(15,38)23(18)34)25(36)29(4)30-10-5-6-11-30/h7-9,14-15,20,31-32,35,37-38H,5-6,10-12H2,1-4H3. The highest BCUT2D eigenvalue weighted by Gasteiger charge is 2.66. The molecular weight excluding hydrogens is 494 g/mol. The van der Waals surface area contributed by atoms with Gasteiger partial charge < -0.3 is 25.5 Å². The molecule has 4 aliphatic rings.